The molecule has 4 nitrogen and oxygen atoms in total. The van der Waals surface area contributed by atoms with Crippen LogP contribution in [0, 0.1) is 11.3 Å². The van der Waals surface area contributed by atoms with Gasteiger partial charge in [0.05, 0.1) is 7.11 Å². The Morgan fingerprint density at radius 1 is 1.24 bits per heavy atom. The van der Waals surface area contributed by atoms with E-state index in [0.717, 1.165) is 11.3 Å². The number of nitriles is 1. The van der Waals surface area contributed by atoms with Gasteiger partial charge in [-0.1, -0.05) is 15.5 Å². The van der Waals surface area contributed by atoms with Gasteiger partial charge in [-0.25, -0.2) is 0 Å². The third kappa shape index (κ3) is 4.37. The van der Waals surface area contributed by atoms with Crippen molar-refractivity contribution in [1.82, 2.24) is 0 Å². The number of ether oxygens (including phenoxy) is 1. The normalized spacial score (nSPS) is 12.8. The highest BCUT2D eigenvalue weighted by Crippen LogP contribution is 2.36. The van der Waals surface area contributed by atoms with Crippen LogP contribution in [0.25, 0.3) is 0 Å². The average Bonchev–Trinajstić information content (AvgIpc) is 2.29. The third-order valence-electron chi connectivity index (χ3n) is 1.82. The molecule has 0 aliphatic heterocycles. The summed E-state index contributed by atoms with van der Waals surface area (Å²) in [5.74, 6) is 0.744. The second-order valence-corrected chi connectivity index (χ2v) is 7.68. The Bertz CT molecular complexity index is 441. The highest BCUT2D eigenvalue weighted by atomic mass is 32.3. The number of hydrogen-bond donors (Lipinski definition) is 0. The molecule has 0 saturated heterocycles. The minimum atomic E-state index is -1.21. The molecule has 0 N–H and O–H groups in total. The molecule has 0 spiro atoms. The van der Waals surface area contributed by atoms with Crippen molar-refractivity contribution in [2.75, 3.05) is 25.9 Å². The first-order valence-electron chi connectivity index (χ1n) is 4.95. The average molecular weight is 252 g/mol. The van der Waals surface area contributed by atoms with Crippen LogP contribution in [0.5, 0.6) is 5.75 Å². The number of methoxy groups -OCH3 is 1. The predicted molar refractivity (Wildman–Crippen MR) is 71.6 cm³/mol. The van der Waals surface area contributed by atoms with Crippen LogP contribution in [0.2, 0.25) is 0 Å². The highest BCUT2D eigenvalue weighted by molar-refractivity contribution is 8.28. The molecule has 0 amide bonds. The van der Waals surface area contributed by atoms with E-state index in [9.17, 15) is 0 Å². The SMILES string of the molecule is COc1ccc(/C(C#N)=N/OS(C)(C)C)cc1. The van der Waals surface area contributed by atoms with Crippen LogP contribution >= 0.6 is 10.3 Å². The summed E-state index contributed by atoms with van der Waals surface area (Å²) < 4.78 is 10.4. The first-order valence-corrected chi connectivity index (χ1v) is 7.74. The molecule has 0 heterocycles. The Kier molecular flexibility index (Phi) is 4.41. The molecule has 0 saturated carbocycles. The minimum absolute atomic E-state index is 0.273. The van der Waals surface area contributed by atoms with Crippen molar-refractivity contribution in [1.29, 1.82) is 5.26 Å². The zero-order valence-electron chi connectivity index (χ0n) is 10.4. The number of rotatable bonds is 4. The number of benzene rings is 1. The molecule has 0 unspecified atom stereocenters. The first-order chi connectivity index (χ1) is 7.96. The van der Waals surface area contributed by atoms with Crippen LogP contribution in [0.3, 0.4) is 0 Å². The van der Waals surface area contributed by atoms with Crippen LogP contribution in [0.4, 0.5) is 0 Å². The summed E-state index contributed by atoms with van der Waals surface area (Å²) in [6, 6.07) is 9.15. The van der Waals surface area contributed by atoms with Crippen molar-refractivity contribution >= 4 is 16.0 Å². The summed E-state index contributed by atoms with van der Waals surface area (Å²) in [5, 5.41) is 12.9. The van der Waals surface area contributed by atoms with Crippen LogP contribution in [0.15, 0.2) is 29.4 Å². The number of oxime groups is 1. The maximum absolute atomic E-state index is 9.02. The molecule has 92 valence electrons. The fraction of sp³-hybridized carbons (Fsp3) is 0.333. The Labute approximate surface area is 103 Å². The third-order valence-corrected chi connectivity index (χ3v) is 2.34. The molecule has 5 heteroatoms. The summed E-state index contributed by atoms with van der Waals surface area (Å²) in [6.45, 7) is 0. The molecule has 1 rings (SSSR count). The number of nitrogens with zero attached hydrogens (tertiary/aromatic N) is 2. The van der Waals surface area contributed by atoms with Gasteiger partial charge >= 0.3 is 0 Å². The summed E-state index contributed by atoms with van der Waals surface area (Å²) in [7, 11) is 0.384. The molecule has 0 radical (unpaired) electrons. The van der Waals surface area contributed by atoms with Gasteiger partial charge in [-0.3, -0.25) is 0 Å². The number of hydrogen-bond acceptors (Lipinski definition) is 4. The predicted octanol–water partition coefficient (Wildman–Crippen LogP) is 2.55. The van der Waals surface area contributed by atoms with Gasteiger partial charge in [0.15, 0.2) is 5.71 Å². The second kappa shape index (κ2) is 5.60. The van der Waals surface area contributed by atoms with E-state index < -0.39 is 10.3 Å². The summed E-state index contributed by atoms with van der Waals surface area (Å²) in [4.78, 5) is 0. The van der Waals surface area contributed by atoms with Gasteiger partial charge in [0.2, 0.25) is 0 Å². The van der Waals surface area contributed by atoms with Crippen molar-refractivity contribution in [3.05, 3.63) is 29.8 Å². The van der Waals surface area contributed by atoms with Crippen molar-refractivity contribution in [3.8, 4) is 11.8 Å². The zero-order chi connectivity index (χ0) is 12.9. The van der Waals surface area contributed by atoms with Gasteiger partial charge in [0.25, 0.3) is 0 Å². The zero-order valence-corrected chi connectivity index (χ0v) is 11.2. The fourth-order valence-corrected chi connectivity index (χ4v) is 1.33. The summed E-state index contributed by atoms with van der Waals surface area (Å²) in [5.41, 5.74) is 0.993. The Morgan fingerprint density at radius 2 is 1.82 bits per heavy atom. The molecular weight excluding hydrogens is 236 g/mol. The van der Waals surface area contributed by atoms with Crippen molar-refractivity contribution in [2.45, 2.75) is 0 Å². The van der Waals surface area contributed by atoms with Crippen LogP contribution in [0.1, 0.15) is 5.56 Å². The molecule has 1 aromatic rings. The van der Waals surface area contributed by atoms with Gasteiger partial charge in [0.1, 0.15) is 11.8 Å². The van der Waals surface area contributed by atoms with Gasteiger partial charge in [0, 0.05) is 5.56 Å². The van der Waals surface area contributed by atoms with E-state index >= 15 is 0 Å². The highest BCUT2D eigenvalue weighted by Gasteiger charge is 2.07. The molecule has 0 bridgehead atoms. The monoisotopic (exact) mass is 252 g/mol. The Hall–Kier alpha value is -1.67. The maximum Gasteiger partial charge on any atom is 0.188 e. The van der Waals surface area contributed by atoms with Crippen LogP contribution < -0.4 is 4.74 Å². The van der Waals surface area contributed by atoms with Crippen molar-refractivity contribution in [2.24, 2.45) is 5.16 Å². The first kappa shape index (κ1) is 13.4. The van der Waals surface area contributed by atoms with Gasteiger partial charge < -0.3 is 9.02 Å². The minimum Gasteiger partial charge on any atom is -0.497 e. The lowest BCUT2D eigenvalue weighted by molar-refractivity contribution is 0.393. The van der Waals surface area contributed by atoms with Gasteiger partial charge in [-0.15, -0.1) is 0 Å². The standard InChI is InChI=1S/C12H16N2O2S/c1-15-11-7-5-10(6-8-11)12(9-13)14-16-17(2,3)4/h5-8H,1-4H3/b14-12+. The summed E-state index contributed by atoms with van der Waals surface area (Å²) >= 11 is 0. The topological polar surface area (TPSA) is 54.6 Å². The van der Waals surface area contributed by atoms with Gasteiger partial charge in [-0.05, 0) is 43.0 Å². The van der Waals surface area contributed by atoms with E-state index in [2.05, 4.69) is 5.16 Å². The molecule has 0 aliphatic carbocycles. The quantitative estimate of drug-likeness (QED) is 0.611. The molecule has 17 heavy (non-hydrogen) atoms. The second-order valence-electron chi connectivity index (χ2n) is 4.08. The van der Waals surface area contributed by atoms with E-state index in [1.54, 1.807) is 31.4 Å². The van der Waals surface area contributed by atoms with E-state index in [0.29, 0.717) is 0 Å². The van der Waals surface area contributed by atoms with Crippen molar-refractivity contribution in [3.63, 3.8) is 0 Å². The Morgan fingerprint density at radius 3 is 2.24 bits per heavy atom. The van der Waals surface area contributed by atoms with Crippen molar-refractivity contribution < 1.29 is 9.02 Å². The summed E-state index contributed by atoms with van der Waals surface area (Å²) in [6.07, 6.45) is 5.87. The molecule has 0 aromatic heterocycles. The Balaban J connectivity index is 2.91. The lowest BCUT2D eigenvalue weighted by Crippen LogP contribution is -2.01. The lowest BCUT2D eigenvalue weighted by Gasteiger charge is -2.21. The molecular formula is C12H16N2O2S. The van der Waals surface area contributed by atoms with Gasteiger partial charge in [-0.2, -0.15) is 5.26 Å². The molecule has 0 atom stereocenters. The van der Waals surface area contributed by atoms with Crippen LogP contribution in [-0.2, 0) is 4.28 Å². The smallest absolute Gasteiger partial charge is 0.188 e. The van der Waals surface area contributed by atoms with E-state index in [4.69, 9.17) is 14.3 Å². The largest absolute Gasteiger partial charge is 0.497 e. The van der Waals surface area contributed by atoms with E-state index in [1.165, 1.54) is 0 Å². The van der Waals surface area contributed by atoms with E-state index in [-0.39, 0.29) is 5.71 Å². The lowest BCUT2D eigenvalue weighted by atomic mass is 10.1. The van der Waals surface area contributed by atoms with E-state index in [1.807, 2.05) is 24.8 Å². The van der Waals surface area contributed by atoms with Crippen LogP contribution in [-0.4, -0.2) is 31.6 Å². The maximum atomic E-state index is 9.02. The molecule has 0 fully saturated rings. The molecule has 1 aromatic carbocycles. The molecule has 0 aliphatic rings. The fourth-order valence-electron chi connectivity index (χ4n) is 1.04.